The number of hydrogen-bond donors (Lipinski definition) is 1. The van der Waals surface area contributed by atoms with Crippen LogP contribution >= 0.6 is 11.3 Å². The third-order valence-electron chi connectivity index (χ3n) is 3.47. The van der Waals surface area contributed by atoms with E-state index in [9.17, 15) is 9.90 Å². The molecular formula is C17H22N2O2S. The van der Waals surface area contributed by atoms with Crippen LogP contribution in [0.5, 0.6) is 0 Å². The molecule has 0 saturated carbocycles. The number of aliphatic hydroxyl groups excluding tert-OH is 1. The first-order chi connectivity index (χ1) is 10.6. The van der Waals surface area contributed by atoms with E-state index in [4.69, 9.17) is 0 Å². The number of aromatic nitrogens is 1. The third-order valence-corrected chi connectivity index (χ3v) is 4.38. The highest BCUT2D eigenvalue weighted by Gasteiger charge is 2.15. The van der Waals surface area contributed by atoms with Crippen molar-refractivity contribution in [2.45, 2.75) is 32.3 Å². The Morgan fingerprint density at radius 2 is 2.05 bits per heavy atom. The quantitative estimate of drug-likeness (QED) is 0.854. The van der Waals surface area contributed by atoms with E-state index in [2.05, 4.69) is 17.1 Å². The van der Waals surface area contributed by atoms with Gasteiger partial charge in [0.05, 0.1) is 11.1 Å². The maximum atomic E-state index is 12.2. The van der Waals surface area contributed by atoms with Gasteiger partial charge in [0.25, 0.3) is 5.91 Å². The number of benzene rings is 1. The number of carbonyl (C=O) groups excluding carboxylic acids is 1. The molecule has 0 aliphatic rings. The summed E-state index contributed by atoms with van der Waals surface area (Å²) in [6.45, 7) is 2.26. The van der Waals surface area contributed by atoms with Crippen molar-refractivity contribution < 1.29 is 9.90 Å². The molecule has 0 bridgehead atoms. The average Bonchev–Trinajstić information content (AvgIpc) is 2.99. The molecule has 0 aliphatic carbocycles. The number of nitrogens with zero attached hydrogens (tertiary/aromatic N) is 2. The molecule has 0 radical (unpaired) electrons. The molecule has 0 aliphatic heterocycles. The monoisotopic (exact) mass is 318 g/mol. The molecule has 0 fully saturated rings. The Balaban J connectivity index is 1.89. The lowest BCUT2D eigenvalue weighted by Gasteiger charge is -2.16. The van der Waals surface area contributed by atoms with Gasteiger partial charge in [0.1, 0.15) is 5.69 Å². The van der Waals surface area contributed by atoms with E-state index in [1.807, 2.05) is 23.6 Å². The summed E-state index contributed by atoms with van der Waals surface area (Å²) in [5, 5.41) is 12.1. The molecular weight excluding hydrogens is 296 g/mol. The molecule has 1 unspecified atom stereocenters. The maximum Gasteiger partial charge on any atom is 0.273 e. The number of aryl methyl sites for hydroxylation is 2. The van der Waals surface area contributed by atoms with E-state index in [1.54, 1.807) is 18.9 Å². The summed E-state index contributed by atoms with van der Waals surface area (Å²) >= 11 is 1.53. The fourth-order valence-corrected chi connectivity index (χ4v) is 2.87. The Hall–Kier alpha value is -1.72. The second-order valence-corrected chi connectivity index (χ2v) is 6.42. The molecule has 4 nitrogen and oxygen atoms in total. The van der Waals surface area contributed by atoms with Crippen LogP contribution in [0, 0.1) is 0 Å². The Morgan fingerprint density at radius 3 is 2.73 bits per heavy atom. The first-order valence-electron chi connectivity index (χ1n) is 7.48. The maximum absolute atomic E-state index is 12.2. The molecule has 1 atom stereocenters. The molecule has 1 heterocycles. The first kappa shape index (κ1) is 16.6. The molecule has 118 valence electrons. The Bertz CT molecular complexity index is 596. The van der Waals surface area contributed by atoms with Gasteiger partial charge in [-0.2, -0.15) is 0 Å². The molecule has 1 aromatic carbocycles. The molecule has 2 aromatic rings. The Kier molecular flexibility index (Phi) is 6.10. The Labute approximate surface area is 135 Å². The molecule has 1 aromatic heterocycles. The zero-order valence-electron chi connectivity index (χ0n) is 13.0. The van der Waals surface area contributed by atoms with Crippen molar-refractivity contribution in [3.05, 3.63) is 52.0 Å². The standard InChI is InChI=1S/C17H22N2O2S/c1-13(20)10-11-19(2)17(21)15-12-22-16(18-15)9-8-14-6-4-3-5-7-14/h3-7,12-13,20H,8-11H2,1-2H3. The van der Waals surface area contributed by atoms with Crippen molar-refractivity contribution in [1.29, 1.82) is 0 Å². The van der Waals surface area contributed by atoms with Gasteiger partial charge in [-0.1, -0.05) is 30.3 Å². The van der Waals surface area contributed by atoms with Crippen LogP contribution in [0.25, 0.3) is 0 Å². The number of aliphatic hydroxyl groups is 1. The topological polar surface area (TPSA) is 53.4 Å². The van der Waals surface area contributed by atoms with Gasteiger partial charge in [0.2, 0.25) is 0 Å². The van der Waals surface area contributed by atoms with Crippen LogP contribution in [0.3, 0.4) is 0 Å². The number of rotatable bonds is 7. The summed E-state index contributed by atoms with van der Waals surface area (Å²) in [4.78, 5) is 18.3. The highest BCUT2D eigenvalue weighted by molar-refractivity contribution is 7.09. The fraction of sp³-hybridized carbons (Fsp3) is 0.412. The minimum Gasteiger partial charge on any atom is -0.393 e. The van der Waals surface area contributed by atoms with Gasteiger partial charge < -0.3 is 10.0 Å². The lowest BCUT2D eigenvalue weighted by molar-refractivity contribution is 0.0764. The first-order valence-corrected chi connectivity index (χ1v) is 8.36. The molecule has 1 amide bonds. The number of thiazole rings is 1. The second kappa shape index (κ2) is 8.06. The predicted molar refractivity (Wildman–Crippen MR) is 89.2 cm³/mol. The van der Waals surface area contributed by atoms with Gasteiger partial charge in [0.15, 0.2) is 0 Å². The van der Waals surface area contributed by atoms with Crippen molar-refractivity contribution in [2.75, 3.05) is 13.6 Å². The van der Waals surface area contributed by atoms with Gasteiger partial charge in [-0.15, -0.1) is 11.3 Å². The van der Waals surface area contributed by atoms with Crippen LogP contribution in [0.4, 0.5) is 0 Å². The van der Waals surface area contributed by atoms with E-state index in [0.29, 0.717) is 18.7 Å². The molecule has 2 rings (SSSR count). The lowest BCUT2D eigenvalue weighted by atomic mass is 10.1. The summed E-state index contributed by atoms with van der Waals surface area (Å²) in [6, 6.07) is 10.3. The average molecular weight is 318 g/mol. The zero-order chi connectivity index (χ0) is 15.9. The van der Waals surface area contributed by atoms with E-state index in [-0.39, 0.29) is 5.91 Å². The van der Waals surface area contributed by atoms with Crippen molar-refractivity contribution in [3.63, 3.8) is 0 Å². The van der Waals surface area contributed by atoms with Gasteiger partial charge in [-0.05, 0) is 25.3 Å². The number of carbonyl (C=O) groups is 1. The molecule has 0 saturated heterocycles. The van der Waals surface area contributed by atoms with Gasteiger partial charge in [-0.3, -0.25) is 4.79 Å². The van der Waals surface area contributed by atoms with Crippen molar-refractivity contribution in [1.82, 2.24) is 9.88 Å². The van der Waals surface area contributed by atoms with Crippen LogP contribution in [-0.4, -0.2) is 40.6 Å². The second-order valence-electron chi connectivity index (χ2n) is 5.48. The van der Waals surface area contributed by atoms with Crippen LogP contribution in [0.2, 0.25) is 0 Å². The molecule has 5 heteroatoms. The summed E-state index contributed by atoms with van der Waals surface area (Å²) in [5.74, 6) is -0.0807. The summed E-state index contributed by atoms with van der Waals surface area (Å²) < 4.78 is 0. The van der Waals surface area contributed by atoms with Gasteiger partial charge in [0, 0.05) is 25.4 Å². The van der Waals surface area contributed by atoms with Crippen LogP contribution in [0.15, 0.2) is 35.7 Å². The summed E-state index contributed by atoms with van der Waals surface area (Å²) in [7, 11) is 1.74. The third kappa shape index (κ3) is 4.93. The predicted octanol–water partition coefficient (Wildman–Crippen LogP) is 2.77. The van der Waals surface area contributed by atoms with Crippen molar-refractivity contribution in [3.8, 4) is 0 Å². The lowest BCUT2D eigenvalue weighted by Crippen LogP contribution is -2.29. The van der Waals surface area contributed by atoms with Crippen molar-refractivity contribution in [2.24, 2.45) is 0 Å². The van der Waals surface area contributed by atoms with Gasteiger partial charge >= 0.3 is 0 Å². The van der Waals surface area contributed by atoms with E-state index >= 15 is 0 Å². The van der Waals surface area contributed by atoms with Gasteiger partial charge in [-0.25, -0.2) is 4.98 Å². The minimum absolute atomic E-state index is 0.0807. The molecule has 22 heavy (non-hydrogen) atoms. The highest BCUT2D eigenvalue weighted by Crippen LogP contribution is 2.14. The Morgan fingerprint density at radius 1 is 1.32 bits per heavy atom. The zero-order valence-corrected chi connectivity index (χ0v) is 13.8. The molecule has 0 spiro atoms. The van der Waals surface area contributed by atoms with Crippen molar-refractivity contribution >= 4 is 17.2 Å². The van der Waals surface area contributed by atoms with E-state index in [1.165, 1.54) is 16.9 Å². The fourth-order valence-electron chi connectivity index (χ4n) is 2.10. The molecule has 1 N–H and O–H groups in total. The van der Waals surface area contributed by atoms with Crippen LogP contribution in [0.1, 0.15) is 34.4 Å². The number of hydrogen-bond acceptors (Lipinski definition) is 4. The van der Waals surface area contributed by atoms with Crippen LogP contribution < -0.4 is 0 Å². The number of amides is 1. The van der Waals surface area contributed by atoms with E-state index < -0.39 is 6.10 Å². The van der Waals surface area contributed by atoms with E-state index in [0.717, 1.165) is 17.8 Å². The SMILES string of the molecule is CC(O)CCN(C)C(=O)c1csc(CCc2ccccc2)n1. The van der Waals surface area contributed by atoms with Crippen LogP contribution in [-0.2, 0) is 12.8 Å². The smallest absolute Gasteiger partial charge is 0.273 e. The highest BCUT2D eigenvalue weighted by atomic mass is 32.1. The summed E-state index contributed by atoms with van der Waals surface area (Å²) in [5.41, 5.74) is 1.78. The largest absolute Gasteiger partial charge is 0.393 e. The summed E-state index contributed by atoms with van der Waals surface area (Å²) in [6.07, 6.45) is 1.96. The minimum atomic E-state index is -0.396. The normalized spacial score (nSPS) is 12.1.